The molecule has 5 rings (SSSR count). The lowest BCUT2D eigenvalue weighted by molar-refractivity contribution is -0.159. The molecule has 1 unspecified atom stereocenters. The van der Waals surface area contributed by atoms with E-state index in [-0.39, 0.29) is 17.4 Å². The van der Waals surface area contributed by atoms with Gasteiger partial charge in [-0.15, -0.1) is 0 Å². The third-order valence-corrected chi connectivity index (χ3v) is 8.05. The molecule has 5 heteroatoms. The minimum atomic E-state index is -0.772. The molecule has 3 aliphatic carbocycles. The molecule has 4 aliphatic rings. The van der Waals surface area contributed by atoms with Crippen molar-refractivity contribution in [2.24, 2.45) is 5.92 Å². The van der Waals surface area contributed by atoms with Crippen LogP contribution >= 0.6 is 0 Å². The predicted molar refractivity (Wildman–Crippen MR) is 115 cm³/mol. The highest BCUT2D eigenvalue weighted by atomic mass is 16.5. The van der Waals surface area contributed by atoms with Crippen molar-refractivity contribution >= 4 is 5.97 Å². The third-order valence-electron chi connectivity index (χ3n) is 8.05. The van der Waals surface area contributed by atoms with Crippen molar-refractivity contribution in [3.8, 4) is 5.75 Å². The average molecular weight is 412 g/mol. The summed E-state index contributed by atoms with van der Waals surface area (Å²) in [4.78, 5) is 14.7. The van der Waals surface area contributed by atoms with E-state index in [2.05, 4.69) is 17.0 Å². The van der Waals surface area contributed by atoms with Crippen LogP contribution in [0.2, 0.25) is 0 Å². The Morgan fingerprint density at radius 2 is 2.17 bits per heavy atom. The maximum atomic E-state index is 12.3. The molecule has 30 heavy (non-hydrogen) atoms. The second-order valence-electron chi connectivity index (χ2n) is 9.67. The highest BCUT2D eigenvalue weighted by Gasteiger charge is 2.64. The molecular weight excluding hydrogens is 378 g/mol. The van der Waals surface area contributed by atoms with Gasteiger partial charge in [-0.2, -0.15) is 0 Å². The Balaban J connectivity index is 1.58. The first kappa shape index (κ1) is 20.1. The molecule has 1 N–H and O–H groups in total. The lowest BCUT2D eigenvalue weighted by Crippen LogP contribution is -2.72. The number of nitrogens with zero attached hydrogens (tertiary/aromatic N) is 1. The zero-order valence-electron chi connectivity index (χ0n) is 18.2. The van der Waals surface area contributed by atoms with E-state index in [0.717, 1.165) is 56.0 Å². The van der Waals surface area contributed by atoms with Crippen molar-refractivity contribution in [1.29, 1.82) is 0 Å². The molecule has 1 heterocycles. The average Bonchev–Trinajstić information content (AvgIpc) is 3.54. The van der Waals surface area contributed by atoms with Crippen LogP contribution in [0.5, 0.6) is 5.75 Å². The number of likely N-dealkylation sites (tertiary alicyclic amines) is 1. The minimum Gasteiger partial charge on any atom is -0.497 e. The second-order valence-corrected chi connectivity index (χ2v) is 9.67. The van der Waals surface area contributed by atoms with Crippen LogP contribution in [-0.2, 0) is 21.4 Å². The van der Waals surface area contributed by atoms with Crippen LogP contribution < -0.4 is 4.74 Å². The molecular formula is C25H33NO4. The second kappa shape index (κ2) is 7.38. The van der Waals surface area contributed by atoms with Gasteiger partial charge in [0.05, 0.1) is 19.3 Å². The maximum Gasteiger partial charge on any atom is 0.330 e. The molecule has 1 aliphatic heterocycles. The fourth-order valence-electron chi connectivity index (χ4n) is 6.40. The summed E-state index contributed by atoms with van der Waals surface area (Å²) in [7, 11) is 1.70. The number of benzene rings is 1. The largest absolute Gasteiger partial charge is 0.497 e. The van der Waals surface area contributed by atoms with Gasteiger partial charge in [-0.3, -0.25) is 4.90 Å². The van der Waals surface area contributed by atoms with Gasteiger partial charge in [0.25, 0.3) is 0 Å². The fraction of sp³-hybridized carbons (Fsp3) is 0.640. The number of aliphatic hydroxyl groups is 1. The maximum absolute atomic E-state index is 12.3. The van der Waals surface area contributed by atoms with Crippen LogP contribution in [0.4, 0.5) is 0 Å². The monoisotopic (exact) mass is 411 g/mol. The van der Waals surface area contributed by atoms with Gasteiger partial charge in [-0.25, -0.2) is 4.79 Å². The summed E-state index contributed by atoms with van der Waals surface area (Å²) in [6, 6.07) is 6.52. The number of hydrogen-bond acceptors (Lipinski definition) is 5. The van der Waals surface area contributed by atoms with Crippen molar-refractivity contribution < 1.29 is 19.4 Å². The van der Waals surface area contributed by atoms with Gasteiger partial charge in [0, 0.05) is 24.1 Å². The normalized spacial score (nSPS) is 34.2. The van der Waals surface area contributed by atoms with Gasteiger partial charge in [0.1, 0.15) is 5.75 Å². The summed E-state index contributed by atoms with van der Waals surface area (Å²) in [5.74, 6) is 1.38. The summed E-state index contributed by atoms with van der Waals surface area (Å²) >= 11 is 0. The first-order valence-corrected chi connectivity index (χ1v) is 11.5. The molecule has 1 aromatic rings. The van der Waals surface area contributed by atoms with E-state index >= 15 is 0 Å². The van der Waals surface area contributed by atoms with E-state index in [0.29, 0.717) is 13.0 Å². The van der Waals surface area contributed by atoms with E-state index in [1.807, 2.05) is 13.0 Å². The summed E-state index contributed by atoms with van der Waals surface area (Å²) in [6.45, 7) is 4.33. The van der Waals surface area contributed by atoms with Gasteiger partial charge in [0.15, 0.2) is 0 Å². The molecule has 0 amide bonds. The molecule has 3 fully saturated rings. The molecule has 2 bridgehead atoms. The van der Waals surface area contributed by atoms with Crippen molar-refractivity contribution in [2.75, 3.05) is 26.8 Å². The molecule has 162 valence electrons. The number of carbonyl (C=O) groups excluding carboxylic acids is 1. The Morgan fingerprint density at radius 1 is 1.33 bits per heavy atom. The molecule has 1 aromatic carbocycles. The number of carbonyl (C=O) groups is 1. The van der Waals surface area contributed by atoms with Gasteiger partial charge >= 0.3 is 5.97 Å². The summed E-state index contributed by atoms with van der Waals surface area (Å²) in [5.41, 5.74) is 2.51. The zero-order valence-corrected chi connectivity index (χ0v) is 18.2. The first-order valence-electron chi connectivity index (χ1n) is 11.5. The summed E-state index contributed by atoms with van der Waals surface area (Å²) in [5, 5.41) is 12.3. The van der Waals surface area contributed by atoms with E-state index in [9.17, 15) is 9.90 Å². The smallest absolute Gasteiger partial charge is 0.330 e. The molecule has 0 aromatic heterocycles. The van der Waals surface area contributed by atoms with E-state index in [1.54, 1.807) is 13.2 Å². The van der Waals surface area contributed by atoms with Gasteiger partial charge in [-0.05, 0) is 87.6 Å². The van der Waals surface area contributed by atoms with E-state index in [1.165, 1.54) is 24.0 Å². The topological polar surface area (TPSA) is 59.0 Å². The number of methoxy groups -OCH3 is 1. The van der Waals surface area contributed by atoms with Crippen molar-refractivity contribution in [3.63, 3.8) is 0 Å². The summed E-state index contributed by atoms with van der Waals surface area (Å²) in [6.07, 6.45) is 8.30. The van der Waals surface area contributed by atoms with Crippen LogP contribution in [-0.4, -0.2) is 54.4 Å². The molecule has 0 spiro atoms. The Morgan fingerprint density at radius 3 is 2.90 bits per heavy atom. The Labute approximate surface area is 179 Å². The van der Waals surface area contributed by atoms with Crippen LogP contribution in [0.1, 0.15) is 56.6 Å². The van der Waals surface area contributed by atoms with Crippen molar-refractivity contribution in [1.82, 2.24) is 4.90 Å². The molecule has 5 nitrogen and oxygen atoms in total. The van der Waals surface area contributed by atoms with Crippen molar-refractivity contribution in [2.45, 2.75) is 68.9 Å². The van der Waals surface area contributed by atoms with Crippen LogP contribution in [0.15, 0.2) is 29.8 Å². The first-order chi connectivity index (χ1) is 14.5. The van der Waals surface area contributed by atoms with Crippen LogP contribution in [0.25, 0.3) is 0 Å². The van der Waals surface area contributed by atoms with Crippen LogP contribution in [0.3, 0.4) is 0 Å². The zero-order chi connectivity index (χ0) is 20.9. The number of fused-ring (bicyclic) bond motifs is 1. The van der Waals surface area contributed by atoms with E-state index < -0.39 is 5.60 Å². The Hall–Kier alpha value is -1.85. The highest BCUT2D eigenvalue weighted by Crippen LogP contribution is 2.59. The molecule has 3 atom stereocenters. The highest BCUT2D eigenvalue weighted by molar-refractivity contribution is 5.83. The number of ether oxygens (including phenoxy) is 2. The molecule has 0 radical (unpaired) electrons. The Kier molecular flexibility index (Phi) is 4.94. The van der Waals surface area contributed by atoms with Crippen LogP contribution in [0, 0.1) is 5.92 Å². The SMILES string of the molecule is CCOC(=O)/C=C1/CC[C@@]2(O)[C@H]3Cc4ccc(OC)cc4C2(CCN3CC2CC2)C1. The Bertz CT molecular complexity index is 876. The number of hydrogen-bond donors (Lipinski definition) is 1. The van der Waals surface area contributed by atoms with E-state index in [4.69, 9.17) is 9.47 Å². The van der Waals surface area contributed by atoms with Gasteiger partial charge < -0.3 is 14.6 Å². The van der Waals surface area contributed by atoms with Gasteiger partial charge in [0.2, 0.25) is 0 Å². The quantitative estimate of drug-likeness (QED) is 0.595. The summed E-state index contributed by atoms with van der Waals surface area (Å²) < 4.78 is 10.7. The fourth-order valence-corrected chi connectivity index (χ4v) is 6.40. The third kappa shape index (κ3) is 3.09. The number of rotatable bonds is 5. The molecule has 2 saturated carbocycles. The standard InChI is InChI=1S/C25H33NO4/c1-3-30-23(27)12-18-8-9-25(28)22-13-19-6-7-20(29-2)14-21(19)24(25,15-18)10-11-26(22)16-17-4-5-17/h6-7,12,14,17,22,28H,3-5,8-11,13,15-16H2,1-2H3/b18-12-/t22-,24?,25-/m1/s1. The van der Waals surface area contributed by atoms with Gasteiger partial charge in [-0.1, -0.05) is 11.6 Å². The number of piperidine rings is 1. The minimum absolute atomic E-state index is 0.150. The number of allylic oxidation sites excluding steroid dienone is 1. The van der Waals surface area contributed by atoms with Crippen molar-refractivity contribution in [3.05, 3.63) is 41.0 Å². The lowest BCUT2D eigenvalue weighted by Gasteiger charge is -2.64. The lowest BCUT2D eigenvalue weighted by atomic mass is 9.49. The number of esters is 1. The predicted octanol–water partition coefficient (Wildman–Crippen LogP) is 3.38. The molecule has 1 saturated heterocycles.